The fourth-order valence-corrected chi connectivity index (χ4v) is 2.92. The molecule has 0 saturated carbocycles. The van der Waals surface area contributed by atoms with Crippen molar-refractivity contribution in [2.24, 2.45) is 5.92 Å². The van der Waals surface area contributed by atoms with E-state index in [1.807, 2.05) is 31.2 Å². The van der Waals surface area contributed by atoms with E-state index in [1.54, 1.807) is 23.1 Å². The largest absolute Gasteiger partial charge is 0.351 e. The molecule has 1 saturated heterocycles. The lowest BCUT2D eigenvalue weighted by Crippen LogP contribution is -2.36. The van der Waals surface area contributed by atoms with Gasteiger partial charge in [0.25, 0.3) is 0 Å². The first-order valence-electron chi connectivity index (χ1n) is 7.95. The number of hydrogen-bond donors (Lipinski definition) is 1. The summed E-state index contributed by atoms with van der Waals surface area (Å²) in [6.07, 6.45) is 0.468. The van der Waals surface area contributed by atoms with Crippen LogP contribution in [0.25, 0.3) is 0 Å². The van der Waals surface area contributed by atoms with Gasteiger partial charge in [0.05, 0.1) is 0 Å². The molecule has 24 heavy (non-hydrogen) atoms. The number of nitrogens with zero attached hydrogens (tertiary/aromatic N) is 1. The SMILES string of the molecule is Cc1cccc(N2CC[C@@H](C(=O)NCc3ccccc3F)C2=O)c1. The minimum atomic E-state index is -0.711. The molecule has 0 radical (unpaired) electrons. The monoisotopic (exact) mass is 326 g/mol. The summed E-state index contributed by atoms with van der Waals surface area (Å²) in [5.74, 6) is -1.63. The van der Waals surface area contributed by atoms with Gasteiger partial charge in [-0.25, -0.2) is 4.39 Å². The van der Waals surface area contributed by atoms with E-state index in [1.165, 1.54) is 6.07 Å². The smallest absolute Gasteiger partial charge is 0.239 e. The van der Waals surface area contributed by atoms with Crippen LogP contribution in [-0.4, -0.2) is 18.4 Å². The second kappa shape index (κ2) is 6.83. The summed E-state index contributed by atoms with van der Waals surface area (Å²) in [5, 5.41) is 2.67. The van der Waals surface area contributed by atoms with Gasteiger partial charge in [-0.2, -0.15) is 0 Å². The van der Waals surface area contributed by atoms with Gasteiger partial charge in [0.15, 0.2) is 0 Å². The number of amides is 2. The standard InChI is InChI=1S/C19H19FN2O2/c1-13-5-4-7-15(11-13)22-10-9-16(19(22)24)18(23)21-12-14-6-2-3-8-17(14)20/h2-8,11,16H,9-10,12H2,1H3,(H,21,23)/t16-/m0/s1. The van der Waals surface area contributed by atoms with Crippen molar-refractivity contribution in [3.8, 4) is 0 Å². The van der Waals surface area contributed by atoms with Crippen molar-refractivity contribution < 1.29 is 14.0 Å². The predicted octanol–water partition coefficient (Wildman–Crippen LogP) is 2.80. The number of hydrogen-bond acceptors (Lipinski definition) is 2. The maximum absolute atomic E-state index is 13.6. The van der Waals surface area contributed by atoms with Crippen LogP contribution in [0.2, 0.25) is 0 Å². The number of rotatable bonds is 4. The quantitative estimate of drug-likeness (QED) is 0.879. The second-order valence-electron chi connectivity index (χ2n) is 5.98. The van der Waals surface area contributed by atoms with Gasteiger partial charge < -0.3 is 10.2 Å². The molecule has 0 bridgehead atoms. The fourth-order valence-electron chi connectivity index (χ4n) is 2.92. The summed E-state index contributed by atoms with van der Waals surface area (Å²) in [4.78, 5) is 26.5. The van der Waals surface area contributed by atoms with E-state index >= 15 is 0 Å². The second-order valence-corrected chi connectivity index (χ2v) is 5.98. The molecule has 124 valence electrons. The minimum Gasteiger partial charge on any atom is -0.351 e. The summed E-state index contributed by atoms with van der Waals surface area (Å²) in [7, 11) is 0. The van der Waals surface area contributed by atoms with Gasteiger partial charge in [-0.05, 0) is 37.1 Å². The van der Waals surface area contributed by atoms with Gasteiger partial charge in [0.1, 0.15) is 11.7 Å². The zero-order chi connectivity index (χ0) is 17.1. The molecule has 1 aliphatic heterocycles. The van der Waals surface area contributed by atoms with Crippen LogP contribution < -0.4 is 10.2 Å². The molecule has 1 N–H and O–H groups in total. The van der Waals surface area contributed by atoms with Crippen molar-refractivity contribution in [3.63, 3.8) is 0 Å². The molecule has 0 aliphatic carbocycles. The highest BCUT2D eigenvalue weighted by Gasteiger charge is 2.37. The third-order valence-corrected chi connectivity index (χ3v) is 4.25. The lowest BCUT2D eigenvalue weighted by Gasteiger charge is -2.17. The summed E-state index contributed by atoms with van der Waals surface area (Å²) < 4.78 is 13.6. The third-order valence-electron chi connectivity index (χ3n) is 4.25. The third kappa shape index (κ3) is 3.30. The van der Waals surface area contributed by atoms with E-state index in [9.17, 15) is 14.0 Å². The first-order chi connectivity index (χ1) is 11.6. The Morgan fingerprint density at radius 2 is 2.04 bits per heavy atom. The Labute approximate surface area is 140 Å². The van der Waals surface area contributed by atoms with E-state index < -0.39 is 5.92 Å². The highest BCUT2D eigenvalue weighted by molar-refractivity contribution is 6.09. The number of anilines is 1. The Bertz CT molecular complexity index is 775. The van der Waals surface area contributed by atoms with Crippen LogP contribution in [-0.2, 0) is 16.1 Å². The topological polar surface area (TPSA) is 49.4 Å². The van der Waals surface area contributed by atoms with Crippen molar-refractivity contribution in [3.05, 3.63) is 65.5 Å². The molecule has 1 aliphatic rings. The minimum absolute atomic E-state index is 0.0831. The number of carbonyl (C=O) groups is 2. The van der Waals surface area contributed by atoms with Gasteiger partial charge in [-0.1, -0.05) is 30.3 Å². The summed E-state index contributed by atoms with van der Waals surface area (Å²) in [6.45, 7) is 2.56. The molecule has 1 atom stereocenters. The summed E-state index contributed by atoms with van der Waals surface area (Å²) >= 11 is 0. The van der Waals surface area contributed by atoms with Gasteiger partial charge in [0, 0.05) is 24.3 Å². The van der Waals surface area contributed by atoms with Crippen molar-refractivity contribution in [1.29, 1.82) is 0 Å². The average molecular weight is 326 g/mol. The molecule has 2 aromatic carbocycles. The van der Waals surface area contributed by atoms with E-state index in [-0.39, 0.29) is 24.2 Å². The zero-order valence-corrected chi connectivity index (χ0v) is 13.5. The first-order valence-corrected chi connectivity index (χ1v) is 7.95. The van der Waals surface area contributed by atoms with Crippen LogP contribution in [0.5, 0.6) is 0 Å². The number of aryl methyl sites for hydroxylation is 1. The first kappa shape index (κ1) is 16.2. The average Bonchev–Trinajstić information content (AvgIpc) is 2.95. The van der Waals surface area contributed by atoms with E-state index in [0.29, 0.717) is 18.5 Å². The zero-order valence-electron chi connectivity index (χ0n) is 13.5. The molecule has 1 heterocycles. The Kier molecular flexibility index (Phi) is 4.60. The lowest BCUT2D eigenvalue weighted by molar-refractivity contribution is -0.132. The van der Waals surface area contributed by atoms with Gasteiger partial charge in [-0.15, -0.1) is 0 Å². The van der Waals surface area contributed by atoms with Crippen molar-refractivity contribution in [2.75, 3.05) is 11.4 Å². The molecule has 0 aromatic heterocycles. The molecule has 3 rings (SSSR count). The van der Waals surface area contributed by atoms with E-state index in [0.717, 1.165) is 11.3 Å². The molecule has 5 heteroatoms. The number of benzene rings is 2. The van der Waals surface area contributed by atoms with Crippen molar-refractivity contribution in [1.82, 2.24) is 5.32 Å². The molecule has 1 fully saturated rings. The lowest BCUT2D eigenvalue weighted by atomic mass is 10.1. The van der Waals surface area contributed by atoms with Gasteiger partial charge in [0.2, 0.25) is 11.8 Å². The van der Waals surface area contributed by atoms with E-state index in [4.69, 9.17) is 0 Å². The molecule has 2 amide bonds. The van der Waals surface area contributed by atoms with Crippen LogP contribution in [0.15, 0.2) is 48.5 Å². The maximum atomic E-state index is 13.6. The van der Waals surface area contributed by atoms with Crippen LogP contribution in [0, 0.1) is 18.7 Å². The molecular weight excluding hydrogens is 307 g/mol. The molecule has 4 nitrogen and oxygen atoms in total. The van der Waals surface area contributed by atoms with Crippen molar-refractivity contribution >= 4 is 17.5 Å². The number of halogens is 1. The van der Waals surface area contributed by atoms with E-state index in [2.05, 4.69) is 5.32 Å². The summed E-state index contributed by atoms with van der Waals surface area (Å²) in [6, 6.07) is 13.9. The maximum Gasteiger partial charge on any atom is 0.239 e. The highest BCUT2D eigenvalue weighted by atomic mass is 19.1. The predicted molar refractivity (Wildman–Crippen MR) is 89.9 cm³/mol. The number of carbonyl (C=O) groups excluding carboxylic acids is 2. The van der Waals surface area contributed by atoms with Crippen LogP contribution in [0.4, 0.5) is 10.1 Å². The Morgan fingerprint density at radius 3 is 2.79 bits per heavy atom. The van der Waals surface area contributed by atoms with Gasteiger partial charge >= 0.3 is 0 Å². The van der Waals surface area contributed by atoms with Crippen LogP contribution in [0.1, 0.15) is 17.5 Å². The van der Waals surface area contributed by atoms with Crippen LogP contribution in [0.3, 0.4) is 0 Å². The molecular formula is C19H19FN2O2. The van der Waals surface area contributed by atoms with Gasteiger partial charge in [-0.3, -0.25) is 9.59 Å². The van der Waals surface area contributed by atoms with Crippen molar-refractivity contribution in [2.45, 2.75) is 19.9 Å². The normalized spacial score (nSPS) is 17.2. The molecule has 0 spiro atoms. The number of nitrogens with one attached hydrogen (secondary N) is 1. The Hall–Kier alpha value is -2.69. The summed E-state index contributed by atoms with van der Waals surface area (Å²) in [5.41, 5.74) is 2.28. The Balaban J connectivity index is 1.64. The Morgan fingerprint density at radius 1 is 1.25 bits per heavy atom. The highest BCUT2D eigenvalue weighted by Crippen LogP contribution is 2.26. The molecule has 0 unspecified atom stereocenters. The fraction of sp³-hybridized carbons (Fsp3) is 0.263. The molecule has 2 aromatic rings. The van der Waals surface area contributed by atoms with Crippen LogP contribution >= 0.6 is 0 Å².